The molecule has 0 atom stereocenters. The Balaban J connectivity index is 2.12. The van der Waals surface area contributed by atoms with E-state index in [2.05, 4.69) is 0 Å². The number of aromatic nitrogens is 1. The number of carbonyl (C=O) groups excluding carboxylic acids is 1. The molecule has 3 rings (SSSR count). The van der Waals surface area contributed by atoms with E-state index in [1.54, 1.807) is 10.6 Å². The van der Waals surface area contributed by atoms with Crippen LogP contribution in [-0.4, -0.2) is 40.4 Å². The molecule has 1 aromatic carbocycles. The van der Waals surface area contributed by atoms with Crippen LogP contribution in [0.4, 0.5) is 0 Å². The summed E-state index contributed by atoms with van der Waals surface area (Å²) in [6.07, 6.45) is 4.11. The second kappa shape index (κ2) is 6.97. The number of fused-ring (bicyclic) bond motifs is 1. The summed E-state index contributed by atoms with van der Waals surface area (Å²) in [6.45, 7) is 0.374. The molecule has 25 heavy (non-hydrogen) atoms. The summed E-state index contributed by atoms with van der Waals surface area (Å²) in [5.41, 5.74) is 3.23. The van der Waals surface area contributed by atoms with Crippen LogP contribution in [-0.2, 0) is 13.0 Å². The fourth-order valence-corrected chi connectivity index (χ4v) is 3.34. The number of rotatable bonds is 4. The lowest BCUT2D eigenvalue weighted by Crippen LogP contribution is -2.18. The van der Waals surface area contributed by atoms with Gasteiger partial charge in [-0.1, -0.05) is 30.3 Å². The summed E-state index contributed by atoms with van der Waals surface area (Å²) in [6, 6.07) is 11.3. The molecule has 5 heteroatoms. The van der Waals surface area contributed by atoms with Crippen molar-refractivity contribution < 1.29 is 14.7 Å². The van der Waals surface area contributed by atoms with Crippen LogP contribution in [0.3, 0.4) is 0 Å². The number of carbonyl (C=O) groups is 2. The summed E-state index contributed by atoms with van der Waals surface area (Å²) >= 11 is 0. The minimum Gasteiger partial charge on any atom is -0.477 e. The largest absolute Gasteiger partial charge is 0.477 e. The van der Waals surface area contributed by atoms with Crippen molar-refractivity contribution in [1.82, 2.24) is 9.47 Å². The summed E-state index contributed by atoms with van der Waals surface area (Å²) in [4.78, 5) is 26.7. The zero-order valence-electron chi connectivity index (χ0n) is 14.5. The number of ketones is 1. The van der Waals surface area contributed by atoms with Crippen molar-refractivity contribution in [2.45, 2.75) is 25.8 Å². The van der Waals surface area contributed by atoms with Crippen LogP contribution in [0.2, 0.25) is 0 Å². The smallest absolute Gasteiger partial charge is 0.352 e. The van der Waals surface area contributed by atoms with Crippen LogP contribution < -0.4 is 0 Å². The Bertz CT molecular complexity index is 832. The van der Waals surface area contributed by atoms with Crippen LogP contribution in [0.15, 0.2) is 48.2 Å². The van der Waals surface area contributed by atoms with Gasteiger partial charge in [0.05, 0.1) is 5.69 Å². The molecule has 0 amide bonds. The van der Waals surface area contributed by atoms with Crippen molar-refractivity contribution in [3.63, 3.8) is 0 Å². The van der Waals surface area contributed by atoms with Gasteiger partial charge in [-0.3, -0.25) is 4.79 Å². The normalized spacial score (nSPS) is 15.8. The molecular weight excluding hydrogens is 316 g/mol. The van der Waals surface area contributed by atoms with Gasteiger partial charge in [-0.05, 0) is 36.5 Å². The van der Waals surface area contributed by atoms with Crippen molar-refractivity contribution in [3.8, 4) is 0 Å². The van der Waals surface area contributed by atoms with Gasteiger partial charge in [0.25, 0.3) is 0 Å². The average Bonchev–Trinajstić information content (AvgIpc) is 2.85. The zero-order chi connectivity index (χ0) is 18.0. The van der Waals surface area contributed by atoms with Gasteiger partial charge in [-0.2, -0.15) is 0 Å². The molecule has 5 nitrogen and oxygen atoms in total. The first-order valence-electron chi connectivity index (χ1n) is 8.39. The van der Waals surface area contributed by atoms with E-state index in [1.165, 1.54) is 0 Å². The Hall–Kier alpha value is -2.82. The molecule has 0 saturated heterocycles. The van der Waals surface area contributed by atoms with Gasteiger partial charge in [0.1, 0.15) is 5.69 Å². The molecule has 0 saturated carbocycles. The number of benzene rings is 1. The van der Waals surface area contributed by atoms with Crippen LogP contribution in [0, 0.1) is 0 Å². The maximum atomic E-state index is 13.1. The summed E-state index contributed by atoms with van der Waals surface area (Å²) in [5.74, 6) is -1.07. The predicted octanol–water partition coefficient (Wildman–Crippen LogP) is 3.20. The minimum atomic E-state index is -1.00. The standard InChI is InChI=1S/C20H22N2O3/c1-21(2)13-16-10-6-9-15-11-17(20(24)25)22(18(15)19(16)23)12-14-7-4-3-5-8-14/h3-5,7-8,11,13H,6,9-10,12H2,1-2H3,(H,24,25)/b16-13+. The number of hydrogen-bond acceptors (Lipinski definition) is 3. The monoisotopic (exact) mass is 338 g/mol. The molecule has 0 bridgehead atoms. The number of aryl methyl sites for hydroxylation is 1. The van der Waals surface area contributed by atoms with Gasteiger partial charge in [-0.25, -0.2) is 4.79 Å². The van der Waals surface area contributed by atoms with E-state index in [4.69, 9.17) is 0 Å². The Morgan fingerprint density at radius 2 is 1.96 bits per heavy atom. The highest BCUT2D eigenvalue weighted by Crippen LogP contribution is 2.28. The highest BCUT2D eigenvalue weighted by Gasteiger charge is 2.28. The van der Waals surface area contributed by atoms with Gasteiger partial charge in [0.2, 0.25) is 5.78 Å². The SMILES string of the molecule is CN(C)/C=C1\CCCc2cc(C(=O)O)n(Cc3ccccc3)c2C1=O. The molecule has 2 aromatic rings. The summed E-state index contributed by atoms with van der Waals surface area (Å²) in [7, 11) is 3.77. The second-order valence-corrected chi connectivity index (χ2v) is 6.58. The third-order valence-corrected chi connectivity index (χ3v) is 4.39. The molecule has 0 fully saturated rings. The third-order valence-electron chi connectivity index (χ3n) is 4.39. The third kappa shape index (κ3) is 3.50. The number of Topliss-reactive ketones (excluding diaryl/α,β-unsaturated/α-hetero) is 1. The van der Waals surface area contributed by atoms with Crippen molar-refractivity contribution >= 4 is 11.8 Å². The number of nitrogens with zero attached hydrogens (tertiary/aromatic N) is 2. The first-order valence-corrected chi connectivity index (χ1v) is 8.39. The topological polar surface area (TPSA) is 62.5 Å². The molecular formula is C20H22N2O3. The Kier molecular flexibility index (Phi) is 4.74. The first kappa shape index (κ1) is 17.0. The fourth-order valence-electron chi connectivity index (χ4n) is 3.34. The van der Waals surface area contributed by atoms with E-state index < -0.39 is 5.97 Å². The van der Waals surface area contributed by atoms with Gasteiger partial charge in [-0.15, -0.1) is 0 Å². The lowest BCUT2D eigenvalue weighted by atomic mass is 10.1. The molecule has 0 unspecified atom stereocenters. The number of carboxylic acid groups (broad SMARTS) is 1. The molecule has 1 aliphatic rings. The zero-order valence-corrected chi connectivity index (χ0v) is 14.5. The van der Waals surface area contributed by atoms with E-state index >= 15 is 0 Å². The van der Waals surface area contributed by atoms with Gasteiger partial charge >= 0.3 is 5.97 Å². The van der Waals surface area contributed by atoms with Gasteiger partial charge in [0, 0.05) is 32.4 Å². The average molecular weight is 338 g/mol. The van der Waals surface area contributed by atoms with Crippen LogP contribution in [0.25, 0.3) is 0 Å². The maximum Gasteiger partial charge on any atom is 0.352 e. The molecule has 0 aliphatic heterocycles. The fraction of sp³-hybridized carbons (Fsp3) is 0.300. The lowest BCUT2D eigenvalue weighted by Gasteiger charge is -2.14. The Morgan fingerprint density at radius 3 is 2.60 bits per heavy atom. The molecule has 1 aromatic heterocycles. The number of aromatic carboxylic acids is 1. The molecule has 1 heterocycles. The van der Waals surface area contributed by atoms with E-state index in [0.717, 1.165) is 23.1 Å². The molecule has 0 radical (unpaired) electrons. The van der Waals surface area contributed by atoms with Crippen LogP contribution in [0.5, 0.6) is 0 Å². The Labute approximate surface area is 147 Å². The van der Waals surface area contributed by atoms with Crippen LogP contribution in [0.1, 0.15) is 44.9 Å². The van der Waals surface area contributed by atoms with Crippen molar-refractivity contribution in [3.05, 3.63) is 70.7 Å². The number of allylic oxidation sites excluding steroid dienone is 1. The van der Waals surface area contributed by atoms with Crippen molar-refractivity contribution in [2.24, 2.45) is 0 Å². The van der Waals surface area contributed by atoms with Crippen LogP contribution >= 0.6 is 0 Å². The molecule has 1 N–H and O–H groups in total. The molecule has 1 aliphatic carbocycles. The van der Waals surface area contributed by atoms with E-state index in [0.29, 0.717) is 25.1 Å². The van der Waals surface area contributed by atoms with Gasteiger partial charge < -0.3 is 14.6 Å². The van der Waals surface area contributed by atoms with E-state index in [9.17, 15) is 14.7 Å². The number of carboxylic acids is 1. The number of hydrogen-bond donors (Lipinski definition) is 1. The second-order valence-electron chi connectivity index (χ2n) is 6.58. The highest BCUT2D eigenvalue weighted by atomic mass is 16.4. The van der Waals surface area contributed by atoms with Crippen molar-refractivity contribution in [1.29, 1.82) is 0 Å². The first-order chi connectivity index (χ1) is 12.0. The molecule has 130 valence electrons. The highest BCUT2D eigenvalue weighted by molar-refractivity contribution is 6.10. The quantitative estimate of drug-likeness (QED) is 0.687. The van der Waals surface area contributed by atoms with E-state index in [1.807, 2.05) is 55.5 Å². The predicted molar refractivity (Wildman–Crippen MR) is 96.0 cm³/mol. The minimum absolute atomic E-state index is 0.0652. The summed E-state index contributed by atoms with van der Waals surface area (Å²) < 4.78 is 1.66. The maximum absolute atomic E-state index is 13.1. The lowest BCUT2D eigenvalue weighted by molar-refractivity contribution is 0.0685. The van der Waals surface area contributed by atoms with E-state index in [-0.39, 0.29) is 11.5 Å². The molecule has 0 spiro atoms. The summed E-state index contributed by atoms with van der Waals surface area (Å²) in [5, 5.41) is 9.61. The van der Waals surface area contributed by atoms with Gasteiger partial charge in [0.15, 0.2) is 0 Å². The Morgan fingerprint density at radius 1 is 1.24 bits per heavy atom. The van der Waals surface area contributed by atoms with Crippen molar-refractivity contribution in [2.75, 3.05) is 14.1 Å².